The van der Waals surface area contributed by atoms with Gasteiger partial charge in [0.1, 0.15) is 6.61 Å². The van der Waals surface area contributed by atoms with E-state index in [1.807, 2.05) is 61.5 Å². The van der Waals surface area contributed by atoms with Gasteiger partial charge in [-0.25, -0.2) is 5.43 Å². The minimum Gasteiger partial charge on any atom is -0.490 e. The average molecular weight is 417 g/mol. The lowest BCUT2D eigenvalue weighted by molar-refractivity contribution is 0.269. The van der Waals surface area contributed by atoms with E-state index < -0.39 is 0 Å². The highest BCUT2D eigenvalue weighted by molar-refractivity contribution is 6.35. The van der Waals surface area contributed by atoms with Gasteiger partial charge in [-0.05, 0) is 48.9 Å². The summed E-state index contributed by atoms with van der Waals surface area (Å²) in [5.74, 6) is 1.34. The van der Waals surface area contributed by atoms with Crippen molar-refractivity contribution in [3.63, 3.8) is 0 Å². The first-order valence-corrected chi connectivity index (χ1v) is 9.78. The van der Waals surface area contributed by atoms with Crippen LogP contribution in [0.2, 0.25) is 10.0 Å². The first-order chi connectivity index (χ1) is 13.7. The highest BCUT2D eigenvalue weighted by atomic mass is 35.5. The van der Waals surface area contributed by atoms with E-state index in [2.05, 4.69) is 10.9 Å². The number of hydrogen-bond acceptors (Lipinski definition) is 4. The van der Waals surface area contributed by atoms with Crippen molar-refractivity contribution in [3.8, 4) is 11.5 Å². The molecule has 3 aromatic rings. The maximum Gasteiger partial charge on any atom is 0.161 e. The van der Waals surface area contributed by atoms with Crippen molar-refractivity contribution in [1.29, 1.82) is 0 Å². The summed E-state index contributed by atoms with van der Waals surface area (Å²) >= 11 is 12.4. The molecule has 0 unspecified atom stereocenters. The zero-order valence-electron chi connectivity index (χ0n) is 15.5. The maximum atomic E-state index is 6.22. The molecule has 0 fully saturated rings. The smallest absolute Gasteiger partial charge is 0.161 e. The summed E-state index contributed by atoms with van der Waals surface area (Å²) in [5.41, 5.74) is 9.19. The van der Waals surface area contributed by atoms with Crippen molar-refractivity contribution in [2.24, 2.45) is 0 Å². The van der Waals surface area contributed by atoms with E-state index in [4.69, 9.17) is 32.7 Å². The van der Waals surface area contributed by atoms with Gasteiger partial charge in [-0.1, -0.05) is 53.5 Å². The van der Waals surface area contributed by atoms with Gasteiger partial charge in [-0.2, -0.15) is 0 Å². The van der Waals surface area contributed by atoms with E-state index in [-0.39, 0.29) is 6.61 Å². The van der Waals surface area contributed by atoms with Crippen LogP contribution in [0.4, 0.5) is 5.69 Å². The summed E-state index contributed by atoms with van der Waals surface area (Å²) in [4.78, 5) is 0. The Balaban J connectivity index is 1.65. The molecule has 28 heavy (non-hydrogen) atoms. The Labute approximate surface area is 175 Å². The molecule has 0 saturated heterocycles. The van der Waals surface area contributed by atoms with E-state index in [0.717, 1.165) is 16.8 Å². The van der Waals surface area contributed by atoms with E-state index in [9.17, 15) is 0 Å². The third-order valence-corrected chi connectivity index (χ3v) is 4.75. The highest BCUT2D eigenvalue weighted by Crippen LogP contribution is 2.31. The number of anilines is 1. The largest absolute Gasteiger partial charge is 0.490 e. The number of halogens is 2. The van der Waals surface area contributed by atoms with Gasteiger partial charge in [0, 0.05) is 27.8 Å². The molecule has 6 heteroatoms. The van der Waals surface area contributed by atoms with Crippen LogP contribution in [0.5, 0.6) is 11.5 Å². The Morgan fingerprint density at radius 2 is 1.57 bits per heavy atom. The number of nitrogens with one attached hydrogen (secondary N) is 2. The van der Waals surface area contributed by atoms with E-state index >= 15 is 0 Å². The van der Waals surface area contributed by atoms with Crippen molar-refractivity contribution in [1.82, 2.24) is 5.43 Å². The van der Waals surface area contributed by atoms with Crippen LogP contribution in [0.1, 0.15) is 18.1 Å². The molecule has 0 spiro atoms. The summed E-state index contributed by atoms with van der Waals surface area (Å²) in [6.45, 7) is 3.39. The van der Waals surface area contributed by atoms with Crippen LogP contribution in [-0.4, -0.2) is 6.61 Å². The van der Waals surface area contributed by atoms with Crippen LogP contribution in [0.15, 0.2) is 66.7 Å². The van der Waals surface area contributed by atoms with Crippen LogP contribution in [0.25, 0.3) is 0 Å². The number of para-hydroxylation sites is 1. The SMILES string of the molecule is CCOc1cc(CNNc2ccccc2)ccc1OCc1c(Cl)cccc1Cl. The Morgan fingerprint density at radius 1 is 0.821 bits per heavy atom. The van der Waals surface area contributed by atoms with Crippen LogP contribution >= 0.6 is 23.2 Å². The van der Waals surface area contributed by atoms with Crippen LogP contribution in [0, 0.1) is 0 Å². The Kier molecular flexibility index (Phi) is 7.43. The molecule has 2 N–H and O–H groups in total. The molecule has 3 rings (SSSR count). The molecule has 0 radical (unpaired) electrons. The lowest BCUT2D eigenvalue weighted by Crippen LogP contribution is -2.20. The number of rotatable bonds is 9. The second-order valence-corrected chi connectivity index (χ2v) is 6.86. The van der Waals surface area contributed by atoms with Crippen molar-refractivity contribution < 1.29 is 9.47 Å². The molecule has 0 amide bonds. The second-order valence-electron chi connectivity index (χ2n) is 6.05. The van der Waals surface area contributed by atoms with Crippen LogP contribution < -0.4 is 20.3 Å². The fraction of sp³-hybridized carbons (Fsp3) is 0.182. The third kappa shape index (κ3) is 5.55. The standard InChI is InChI=1S/C22H22Cl2N2O2/c1-2-27-22-13-16(14-25-26-17-7-4-3-5-8-17)11-12-21(22)28-15-18-19(23)9-6-10-20(18)24/h3-13,25-26H,2,14-15H2,1H3. The summed E-state index contributed by atoms with van der Waals surface area (Å²) in [5, 5.41) is 1.16. The van der Waals surface area contributed by atoms with Crippen molar-refractivity contribution in [2.75, 3.05) is 12.0 Å². The number of benzene rings is 3. The topological polar surface area (TPSA) is 42.5 Å². The molecule has 4 nitrogen and oxygen atoms in total. The molecule has 146 valence electrons. The van der Waals surface area contributed by atoms with Crippen LogP contribution in [-0.2, 0) is 13.2 Å². The molecule has 0 aliphatic carbocycles. The molecular weight excluding hydrogens is 395 g/mol. The molecule has 0 bridgehead atoms. The average Bonchev–Trinajstić information content (AvgIpc) is 2.70. The van der Waals surface area contributed by atoms with E-state index in [0.29, 0.717) is 34.7 Å². The summed E-state index contributed by atoms with van der Waals surface area (Å²) in [7, 11) is 0. The normalized spacial score (nSPS) is 10.5. The summed E-state index contributed by atoms with van der Waals surface area (Å²) in [6.07, 6.45) is 0. The first kappa shape index (κ1) is 20.3. The molecule has 0 saturated carbocycles. The molecule has 0 aliphatic heterocycles. The third-order valence-electron chi connectivity index (χ3n) is 4.04. The van der Waals surface area contributed by atoms with E-state index in [1.165, 1.54) is 0 Å². The van der Waals surface area contributed by atoms with Crippen molar-refractivity contribution >= 4 is 28.9 Å². The van der Waals surface area contributed by atoms with Gasteiger partial charge in [-0.3, -0.25) is 0 Å². The Bertz CT molecular complexity index is 884. The lowest BCUT2D eigenvalue weighted by Gasteiger charge is -2.15. The van der Waals surface area contributed by atoms with Gasteiger partial charge in [-0.15, -0.1) is 0 Å². The summed E-state index contributed by atoms with van der Waals surface area (Å²) in [6, 6.07) is 21.2. The lowest BCUT2D eigenvalue weighted by atomic mass is 10.2. The maximum absolute atomic E-state index is 6.22. The molecule has 0 aromatic heterocycles. The molecule has 0 aliphatic rings. The van der Waals surface area contributed by atoms with Crippen molar-refractivity contribution in [3.05, 3.63) is 87.9 Å². The van der Waals surface area contributed by atoms with Gasteiger partial charge in [0.15, 0.2) is 11.5 Å². The minimum atomic E-state index is 0.270. The first-order valence-electron chi connectivity index (χ1n) is 9.02. The zero-order chi connectivity index (χ0) is 19.8. The second kappa shape index (κ2) is 10.2. The van der Waals surface area contributed by atoms with Gasteiger partial charge in [0.25, 0.3) is 0 Å². The van der Waals surface area contributed by atoms with E-state index in [1.54, 1.807) is 12.1 Å². The minimum absolute atomic E-state index is 0.270. The predicted molar refractivity (Wildman–Crippen MR) is 115 cm³/mol. The summed E-state index contributed by atoms with van der Waals surface area (Å²) < 4.78 is 11.7. The fourth-order valence-corrected chi connectivity index (χ4v) is 3.15. The number of hydrogen-bond donors (Lipinski definition) is 2. The predicted octanol–water partition coefficient (Wildman–Crippen LogP) is 6.09. The monoisotopic (exact) mass is 416 g/mol. The number of hydrazine groups is 1. The van der Waals surface area contributed by atoms with Crippen LogP contribution in [0.3, 0.4) is 0 Å². The molecule has 0 heterocycles. The van der Waals surface area contributed by atoms with Gasteiger partial charge < -0.3 is 14.9 Å². The zero-order valence-corrected chi connectivity index (χ0v) is 17.1. The highest BCUT2D eigenvalue weighted by Gasteiger charge is 2.10. The molecule has 3 aromatic carbocycles. The van der Waals surface area contributed by atoms with Crippen molar-refractivity contribution in [2.45, 2.75) is 20.1 Å². The molecule has 0 atom stereocenters. The Morgan fingerprint density at radius 3 is 2.29 bits per heavy atom. The quantitative estimate of drug-likeness (QED) is 0.414. The fourth-order valence-electron chi connectivity index (χ4n) is 2.64. The van der Waals surface area contributed by atoms with Gasteiger partial charge in [0.2, 0.25) is 0 Å². The molecular formula is C22H22Cl2N2O2. The Hall–Kier alpha value is -2.40. The van der Waals surface area contributed by atoms with Gasteiger partial charge >= 0.3 is 0 Å². The number of ether oxygens (including phenoxy) is 2. The van der Waals surface area contributed by atoms with Gasteiger partial charge in [0.05, 0.1) is 6.61 Å².